The topological polar surface area (TPSA) is 63.3 Å². The van der Waals surface area contributed by atoms with Crippen molar-refractivity contribution in [1.82, 2.24) is 0 Å². The summed E-state index contributed by atoms with van der Waals surface area (Å²) in [6, 6.07) is 0. The number of carbonyl (C=O) groups is 1. The van der Waals surface area contributed by atoms with E-state index in [1.165, 1.54) is 0 Å². The number of nitrogens with two attached hydrogens (primary N) is 1. The number of aliphatic carboxylic acids is 1. The largest absolute Gasteiger partial charge is 0.480 e. The van der Waals surface area contributed by atoms with Crippen LogP contribution >= 0.6 is 0 Å². The van der Waals surface area contributed by atoms with E-state index in [9.17, 15) is 9.90 Å². The van der Waals surface area contributed by atoms with Crippen molar-refractivity contribution < 1.29 is 9.90 Å². The molecular formula is C10H17NO2. The third kappa shape index (κ3) is 1.35. The van der Waals surface area contributed by atoms with E-state index in [0.29, 0.717) is 0 Å². The number of hydrogen-bond donors (Lipinski definition) is 2. The van der Waals surface area contributed by atoms with Crippen LogP contribution in [0.4, 0.5) is 0 Å². The fourth-order valence-corrected chi connectivity index (χ4v) is 2.65. The van der Waals surface area contributed by atoms with Crippen LogP contribution in [0.3, 0.4) is 0 Å². The highest BCUT2D eigenvalue weighted by atomic mass is 16.4. The molecule has 74 valence electrons. The first kappa shape index (κ1) is 9.00. The zero-order valence-electron chi connectivity index (χ0n) is 7.83. The van der Waals surface area contributed by atoms with Gasteiger partial charge in [-0.2, -0.15) is 0 Å². The van der Waals surface area contributed by atoms with Crippen LogP contribution in [-0.4, -0.2) is 16.6 Å². The standard InChI is InChI=1S/C10H17NO2/c11-10(9(12)13,8-5-6-8)7-3-1-2-4-7/h7-8H,1-6,11H2,(H,12,13). The molecule has 0 aromatic carbocycles. The first-order chi connectivity index (χ1) is 6.15. The van der Waals surface area contributed by atoms with Crippen molar-refractivity contribution in [3.05, 3.63) is 0 Å². The molecule has 1 atom stereocenters. The summed E-state index contributed by atoms with van der Waals surface area (Å²) in [7, 11) is 0. The summed E-state index contributed by atoms with van der Waals surface area (Å²) in [5.74, 6) is -0.285. The molecule has 0 aliphatic heterocycles. The molecule has 3 N–H and O–H groups in total. The van der Waals surface area contributed by atoms with Gasteiger partial charge in [-0.15, -0.1) is 0 Å². The van der Waals surface area contributed by atoms with Crippen LogP contribution < -0.4 is 5.73 Å². The van der Waals surface area contributed by atoms with Crippen LogP contribution in [0.5, 0.6) is 0 Å². The Balaban J connectivity index is 2.15. The van der Waals surface area contributed by atoms with E-state index >= 15 is 0 Å². The van der Waals surface area contributed by atoms with E-state index < -0.39 is 11.5 Å². The Morgan fingerprint density at radius 1 is 1.15 bits per heavy atom. The number of carboxylic acid groups (broad SMARTS) is 1. The first-order valence-electron chi connectivity index (χ1n) is 5.18. The number of hydrogen-bond acceptors (Lipinski definition) is 2. The molecule has 0 bridgehead atoms. The van der Waals surface area contributed by atoms with Crippen molar-refractivity contribution in [3.63, 3.8) is 0 Å². The van der Waals surface area contributed by atoms with Gasteiger partial charge in [0.25, 0.3) is 0 Å². The molecule has 13 heavy (non-hydrogen) atoms. The Morgan fingerprint density at radius 3 is 2.00 bits per heavy atom. The first-order valence-corrected chi connectivity index (χ1v) is 5.18. The molecule has 0 spiro atoms. The maximum atomic E-state index is 11.2. The molecule has 0 aromatic rings. The minimum absolute atomic E-state index is 0.234. The Labute approximate surface area is 78.3 Å². The maximum absolute atomic E-state index is 11.2. The second-order valence-corrected chi connectivity index (χ2v) is 4.49. The van der Waals surface area contributed by atoms with E-state index in [4.69, 9.17) is 5.73 Å². The zero-order valence-corrected chi connectivity index (χ0v) is 7.83. The van der Waals surface area contributed by atoms with Gasteiger partial charge in [-0.25, -0.2) is 0 Å². The highest BCUT2D eigenvalue weighted by Gasteiger charge is 2.53. The highest BCUT2D eigenvalue weighted by Crippen LogP contribution is 2.47. The molecule has 3 nitrogen and oxygen atoms in total. The van der Waals surface area contributed by atoms with Gasteiger partial charge in [-0.1, -0.05) is 12.8 Å². The summed E-state index contributed by atoms with van der Waals surface area (Å²) in [6.07, 6.45) is 6.37. The van der Waals surface area contributed by atoms with Crippen LogP contribution in [0.1, 0.15) is 38.5 Å². The maximum Gasteiger partial charge on any atom is 0.324 e. The van der Waals surface area contributed by atoms with Gasteiger partial charge < -0.3 is 10.8 Å². The molecule has 2 fully saturated rings. The summed E-state index contributed by atoms with van der Waals surface area (Å²) >= 11 is 0. The lowest BCUT2D eigenvalue weighted by molar-refractivity contribution is -0.146. The Hall–Kier alpha value is -0.570. The molecule has 2 aliphatic rings. The predicted octanol–water partition coefficient (Wildman–Crippen LogP) is 1.37. The molecule has 0 saturated heterocycles. The molecule has 2 rings (SSSR count). The van der Waals surface area contributed by atoms with Crippen molar-refractivity contribution in [3.8, 4) is 0 Å². The van der Waals surface area contributed by atoms with Gasteiger partial charge in [-0.3, -0.25) is 4.79 Å². The molecule has 2 saturated carbocycles. The third-order valence-corrected chi connectivity index (χ3v) is 3.65. The van der Waals surface area contributed by atoms with Gasteiger partial charge in [0.2, 0.25) is 0 Å². The average molecular weight is 183 g/mol. The smallest absolute Gasteiger partial charge is 0.324 e. The summed E-state index contributed by atoms with van der Waals surface area (Å²) < 4.78 is 0. The Kier molecular flexibility index (Phi) is 2.06. The van der Waals surface area contributed by atoms with E-state index in [1.807, 2.05) is 0 Å². The molecule has 0 aromatic heterocycles. The molecule has 3 heteroatoms. The van der Waals surface area contributed by atoms with Gasteiger partial charge in [-0.05, 0) is 37.5 Å². The van der Waals surface area contributed by atoms with Crippen LogP contribution in [0.25, 0.3) is 0 Å². The monoisotopic (exact) mass is 183 g/mol. The van der Waals surface area contributed by atoms with Gasteiger partial charge in [0, 0.05) is 0 Å². The molecule has 1 unspecified atom stereocenters. The molecule has 0 heterocycles. The molecule has 0 radical (unpaired) electrons. The fraction of sp³-hybridized carbons (Fsp3) is 0.900. The van der Waals surface area contributed by atoms with Crippen LogP contribution in [0.2, 0.25) is 0 Å². The van der Waals surface area contributed by atoms with Crippen molar-refractivity contribution in [2.45, 2.75) is 44.1 Å². The van der Waals surface area contributed by atoms with E-state index in [0.717, 1.165) is 38.5 Å². The van der Waals surface area contributed by atoms with Gasteiger partial charge in [0.1, 0.15) is 5.54 Å². The lowest BCUT2D eigenvalue weighted by atomic mass is 9.79. The minimum atomic E-state index is -0.892. The normalized spacial score (nSPS) is 28.7. The van der Waals surface area contributed by atoms with Crippen molar-refractivity contribution in [2.75, 3.05) is 0 Å². The summed E-state index contributed by atoms with van der Waals surface area (Å²) in [5, 5.41) is 9.18. The summed E-state index contributed by atoms with van der Waals surface area (Å²) in [4.78, 5) is 11.2. The lowest BCUT2D eigenvalue weighted by Crippen LogP contribution is -2.55. The molecule has 2 aliphatic carbocycles. The zero-order chi connectivity index (χ0) is 9.47. The Morgan fingerprint density at radius 2 is 1.62 bits per heavy atom. The van der Waals surface area contributed by atoms with Gasteiger partial charge >= 0.3 is 5.97 Å². The van der Waals surface area contributed by atoms with Crippen molar-refractivity contribution in [1.29, 1.82) is 0 Å². The van der Waals surface area contributed by atoms with Crippen molar-refractivity contribution >= 4 is 5.97 Å². The summed E-state index contributed by atoms with van der Waals surface area (Å²) in [6.45, 7) is 0. The predicted molar refractivity (Wildman–Crippen MR) is 49.2 cm³/mol. The van der Waals surface area contributed by atoms with Crippen LogP contribution in [0, 0.1) is 11.8 Å². The van der Waals surface area contributed by atoms with E-state index in [2.05, 4.69) is 0 Å². The quantitative estimate of drug-likeness (QED) is 0.694. The number of carboxylic acids is 1. The molecule has 0 amide bonds. The Bertz CT molecular complexity index is 219. The van der Waals surface area contributed by atoms with Crippen molar-refractivity contribution in [2.24, 2.45) is 17.6 Å². The fourth-order valence-electron chi connectivity index (χ4n) is 2.65. The highest BCUT2D eigenvalue weighted by molar-refractivity contribution is 5.80. The second kappa shape index (κ2) is 2.98. The van der Waals surface area contributed by atoms with E-state index in [-0.39, 0.29) is 11.8 Å². The summed E-state index contributed by atoms with van der Waals surface area (Å²) in [5.41, 5.74) is 5.16. The second-order valence-electron chi connectivity index (χ2n) is 4.49. The third-order valence-electron chi connectivity index (χ3n) is 3.65. The minimum Gasteiger partial charge on any atom is -0.480 e. The van der Waals surface area contributed by atoms with E-state index in [1.54, 1.807) is 0 Å². The SMILES string of the molecule is NC(C(=O)O)(C1CCCC1)C1CC1. The van der Waals surface area contributed by atoms with Gasteiger partial charge in [0.15, 0.2) is 0 Å². The van der Waals surface area contributed by atoms with Crippen LogP contribution in [0.15, 0.2) is 0 Å². The lowest BCUT2D eigenvalue weighted by Gasteiger charge is -2.31. The number of rotatable bonds is 3. The van der Waals surface area contributed by atoms with Gasteiger partial charge in [0.05, 0.1) is 0 Å². The van der Waals surface area contributed by atoms with Crippen LogP contribution in [-0.2, 0) is 4.79 Å². The average Bonchev–Trinajstić information content (AvgIpc) is 2.80. The molecular weight excluding hydrogens is 166 g/mol.